The molecule has 0 unspecified atom stereocenters. The van der Waals surface area contributed by atoms with Crippen LogP contribution in [-0.2, 0) is 0 Å². The molecule has 1 amide bonds. The van der Waals surface area contributed by atoms with Crippen LogP contribution in [0.15, 0.2) is 40.9 Å². The summed E-state index contributed by atoms with van der Waals surface area (Å²) in [5.41, 5.74) is 1.64. The minimum atomic E-state index is -0.197. The number of nitrogens with zero attached hydrogens (tertiary/aromatic N) is 2. The summed E-state index contributed by atoms with van der Waals surface area (Å²) in [5.74, 6) is 0.966. The third-order valence-corrected chi connectivity index (χ3v) is 4.10. The number of ether oxygens (including phenoxy) is 2. The fraction of sp³-hybridized carbons (Fsp3) is 0.176. The number of halogens is 1. The van der Waals surface area contributed by atoms with Crippen molar-refractivity contribution in [3.05, 3.63) is 52.0 Å². The summed E-state index contributed by atoms with van der Waals surface area (Å²) in [6.07, 6.45) is 0. The molecule has 0 aliphatic carbocycles. The van der Waals surface area contributed by atoms with Gasteiger partial charge in [-0.1, -0.05) is 6.07 Å². The zero-order valence-electron chi connectivity index (χ0n) is 12.4. The summed E-state index contributed by atoms with van der Waals surface area (Å²) in [5, 5.41) is 8.98. The first kappa shape index (κ1) is 15.4. The predicted octanol–water partition coefficient (Wildman–Crippen LogP) is 3.37. The average Bonchev–Trinajstić information content (AvgIpc) is 2.60. The summed E-state index contributed by atoms with van der Waals surface area (Å²) in [7, 11) is 1.67. The lowest BCUT2D eigenvalue weighted by Crippen LogP contribution is -2.26. The molecule has 0 fully saturated rings. The highest BCUT2D eigenvalue weighted by Gasteiger charge is 2.21. The Labute approximate surface area is 142 Å². The SMILES string of the molecule is CN(C(=O)c1cc(Br)c2c(c1)OCCO2)c1cccc(C#N)c1. The molecule has 1 heterocycles. The second kappa shape index (κ2) is 6.31. The summed E-state index contributed by atoms with van der Waals surface area (Å²) in [4.78, 5) is 14.2. The van der Waals surface area contributed by atoms with Crippen molar-refractivity contribution in [2.45, 2.75) is 0 Å². The van der Waals surface area contributed by atoms with Crippen molar-refractivity contribution < 1.29 is 14.3 Å². The zero-order valence-corrected chi connectivity index (χ0v) is 14.0. The number of hydrogen-bond donors (Lipinski definition) is 0. The largest absolute Gasteiger partial charge is 0.486 e. The lowest BCUT2D eigenvalue weighted by atomic mass is 10.1. The molecule has 23 heavy (non-hydrogen) atoms. The van der Waals surface area contributed by atoms with Crippen molar-refractivity contribution in [3.8, 4) is 17.6 Å². The van der Waals surface area contributed by atoms with Crippen LogP contribution in [0, 0.1) is 11.3 Å². The van der Waals surface area contributed by atoms with Crippen LogP contribution in [0.25, 0.3) is 0 Å². The molecule has 2 aromatic rings. The van der Waals surface area contributed by atoms with Crippen LogP contribution in [-0.4, -0.2) is 26.2 Å². The molecular weight excluding hydrogens is 360 g/mol. The second-order valence-corrected chi connectivity index (χ2v) is 5.86. The van der Waals surface area contributed by atoms with Crippen molar-refractivity contribution in [1.29, 1.82) is 5.26 Å². The van der Waals surface area contributed by atoms with Crippen LogP contribution in [0.4, 0.5) is 5.69 Å². The van der Waals surface area contributed by atoms with E-state index in [2.05, 4.69) is 22.0 Å². The topological polar surface area (TPSA) is 62.6 Å². The Morgan fingerprint density at radius 1 is 1.26 bits per heavy atom. The number of nitriles is 1. The lowest BCUT2D eigenvalue weighted by molar-refractivity contribution is 0.0991. The maximum absolute atomic E-state index is 12.7. The highest BCUT2D eigenvalue weighted by molar-refractivity contribution is 9.10. The molecule has 0 spiro atoms. The van der Waals surface area contributed by atoms with Crippen molar-refractivity contribution in [2.75, 3.05) is 25.2 Å². The van der Waals surface area contributed by atoms with Gasteiger partial charge in [0.2, 0.25) is 0 Å². The molecule has 0 bridgehead atoms. The van der Waals surface area contributed by atoms with Gasteiger partial charge in [0.25, 0.3) is 5.91 Å². The minimum Gasteiger partial charge on any atom is -0.486 e. The summed E-state index contributed by atoms with van der Waals surface area (Å²) in [6, 6.07) is 12.4. The molecule has 0 radical (unpaired) electrons. The van der Waals surface area contributed by atoms with E-state index < -0.39 is 0 Å². The second-order valence-electron chi connectivity index (χ2n) is 5.01. The van der Waals surface area contributed by atoms with Gasteiger partial charge in [0.1, 0.15) is 13.2 Å². The van der Waals surface area contributed by atoms with Crippen LogP contribution in [0.2, 0.25) is 0 Å². The zero-order chi connectivity index (χ0) is 16.4. The molecule has 0 aromatic heterocycles. The smallest absolute Gasteiger partial charge is 0.258 e. The number of amides is 1. The standard InChI is InChI=1S/C17H13BrN2O3/c1-20(13-4-2-3-11(7-13)10-19)17(21)12-8-14(18)16-15(9-12)22-5-6-23-16/h2-4,7-9H,5-6H2,1H3. The average molecular weight is 373 g/mol. The summed E-state index contributed by atoms with van der Waals surface area (Å²) < 4.78 is 11.8. The van der Waals surface area contributed by atoms with E-state index in [0.717, 1.165) is 0 Å². The normalized spacial score (nSPS) is 12.4. The van der Waals surface area contributed by atoms with Gasteiger partial charge >= 0.3 is 0 Å². The van der Waals surface area contributed by atoms with E-state index in [1.165, 1.54) is 4.90 Å². The molecule has 3 rings (SSSR count). The van der Waals surface area contributed by atoms with E-state index in [1.54, 1.807) is 43.4 Å². The Hall–Kier alpha value is -2.52. The first-order valence-electron chi connectivity index (χ1n) is 6.97. The van der Waals surface area contributed by atoms with Gasteiger partial charge in [-0.05, 0) is 46.3 Å². The van der Waals surface area contributed by atoms with E-state index in [4.69, 9.17) is 14.7 Å². The van der Waals surface area contributed by atoms with Gasteiger partial charge in [0, 0.05) is 18.3 Å². The fourth-order valence-corrected chi connectivity index (χ4v) is 2.89. The number of rotatable bonds is 2. The molecule has 0 saturated carbocycles. The number of benzene rings is 2. The van der Waals surface area contributed by atoms with Crippen LogP contribution < -0.4 is 14.4 Å². The summed E-state index contributed by atoms with van der Waals surface area (Å²) >= 11 is 3.41. The highest BCUT2D eigenvalue weighted by atomic mass is 79.9. The number of anilines is 1. The van der Waals surface area contributed by atoms with E-state index in [1.807, 2.05) is 0 Å². The van der Waals surface area contributed by atoms with Gasteiger partial charge in [0.05, 0.1) is 16.1 Å². The van der Waals surface area contributed by atoms with E-state index in [0.29, 0.717) is 46.0 Å². The third-order valence-electron chi connectivity index (χ3n) is 3.51. The van der Waals surface area contributed by atoms with E-state index >= 15 is 0 Å². The van der Waals surface area contributed by atoms with Crippen LogP contribution in [0.3, 0.4) is 0 Å². The number of hydrogen-bond acceptors (Lipinski definition) is 4. The molecular formula is C17H13BrN2O3. The number of carbonyl (C=O) groups excluding carboxylic acids is 1. The number of fused-ring (bicyclic) bond motifs is 1. The third kappa shape index (κ3) is 3.01. The Kier molecular flexibility index (Phi) is 4.22. The maximum atomic E-state index is 12.7. The van der Waals surface area contributed by atoms with Crippen LogP contribution in [0.5, 0.6) is 11.5 Å². The molecule has 6 heteroatoms. The molecule has 5 nitrogen and oxygen atoms in total. The van der Waals surface area contributed by atoms with Crippen molar-refractivity contribution in [2.24, 2.45) is 0 Å². The Balaban J connectivity index is 1.93. The van der Waals surface area contributed by atoms with Gasteiger partial charge in [-0.15, -0.1) is 0 Å². The van der Waals surface area contributed by atoms with Crippen molar-refractivity contribution in [3.63, 3.8) is 0 Å². The minimum absolute atomic E-state index is 0.197. The van der Waals surface area contributed by atoms with Gasteiger partial charge < -0.3 is 14.4 Å². The van der Waals surface area contributed by atoms with Gasteiger partial charge in [-0.25, -0.2) is 0 Å². The number of carbonyl (C=O) groups is 1. The molecule has 0 N–H and O–H groups in total. The quantitative estimate of drug-likeness (QED) is 0.810. The first-order valence-corrected chi connectivity index (χ1v) is 7.77. The van der Waals surface area contributed by atoms with Gasteiger partial charge in [0.15, 0.2) is 11.5 Å². The van der Waals surface area contributed by atoms with Crippen molar-refractivity contribution >= 4 is 27.5 Å². The Bertz CT molecular complexity index is 814. The van der Waals surface area contributed by atoms with E-state index in [-0.39, 0.29) is 5.91 Å². The van der Waals surface area contributed by atoms with Gasteiger partial charge in [-0.3, -0.25) is 4.79 Å². The highest BCUT2D eigenvalue weighted by Crippen LogP contribution is 2.38. The lowest BCUT2D eigenvalue weighted by Gasteiger charge is -2.22. The summed E-state index contributed by atoms with van der Waals surface area (Å²) in [6.45, 7) is 0.941. The predicted molar refractivity (Wildman–Crippen MR) is 89.0 cm³/mol. The molecule has 116 valence electrons. The van der Waals surface area contributed by atoms with Gasteiger partial charge in [-0.2, -0.15) is 5.26 Å². The Morgan fingerprint density at radius 2 is 2.04 bits per heavy atom. The molecule has 0 atom stereocenters. The van der Waals surface area contributed by atoms with E-state index in [9.17, 15) is 4.79 Å². The fourth-order valence-electron chi connectivity index (χ4n) is 2.33. The molecule has 2 aromatic carbocycles. The Morgan fingerprint density at radius 3 is 2.83 bits per heavy atom. The molecule has 1 aliphatic rings. The first-order chi connectivity index (χ1) is 11.1. The van der Waals surface area contributed by atoms with Crippen LogP contribution in [0.1, 0.15) is 15.9 Å². The maximum Gasteiger partial charge on any atom is 0.258 e. The van der Waals surface area contributed by atoms with Crippen LogP contribution >= 0.6 is 15.9 Å². The van der Waals surface area contributed by atoms with Crippen molar-refractivity contribution in [1.82, 2.24) is 0 Å². The monoisotopic (exact) mass is 372 g/mol. The molecule has 1 aliphatic heterocycles. The molecule has 0 saturated heterocycles.